The number of rotatable bonds is 6. The van der Waals surface area contributed by atoms with E-state index in [1.165, 1.54) is 24.0 Å². The largest absolute Gasteiger partial charge is 0.497 e. The lowest BCUT2D eigenvalue weighted by Gasteiger charge is -2.10. The van der Waals surface area contributed by atoms with Gasteiger partial charge in [-0.3, -0.25) is 0 Å². The smallest absolute Gasteiger partial charge is 0.254 e. The molecule has 0 aliphatic heterocycles. The molecule has 6 nitrogen and oxygen atoms in total. The Bertz CT molecular complexity index is 1040. The first-order chi connectivity index (χ1) is 13.2. The van der Waals surface area contributed by atoms with E-state index in [9.17, 15) is 4.39 Å². The Morgan fingerprint density at radius 3 is 2.59 bits per heavy atom. The molecule has 1 N–H and O–H groups in total. The van der Waals surface area contributed by atoms with E-state index < -0.39 is 0 Å². The van der Waals surface area contributed by atoms with E-state index >= 15 is 0 Å². The molecule has 0 aliphatic carbocycles. The van der Waals surface area contributed by atoms with E-state index in [1.807, 2.05) is 30.3 Å². The summed E-state index contributed by atoms with van der Waals surface area (Å²) in [7, 11) is 1.65. The first-order valence-electron chi connectivity index (χ1n) is 8.56. The van der Waals surface area contributed by atoms with Gasteiger partial charge in [0.1, 0.15) is 23.7 Å². The number of hydrogen-bond donors (Lipinski definition) is 1. The fourth-order valence-electron chi connectivity index (χ4n) is 2.83. The molecule has 0 spiro atoms. The fourth-order valence-corrected chi connectivity index (χ4v) is 2.83. The summed E-state index contributed by atoms with van der Waals surface area (Å²) in [5, 5.41) is 7.61. The van der Waals surface area contributed by atoms with Crippen LogP contribution in [0.5, 0.6) is 5.75 Å². The van der Waals surface area contributed by atoms with Crippen molar-refractivity contribution in [2.75, 3.05) is 19.0 Å². The standard InChI is InChI=1S/C20H18FN5O/c1-27-17-8-2-14(3-9-17)10-11-22-19-12-18(15-4-6-16(21)7-5-15)25-20-23-13-24-26(19)20/h2-9,12-13,22H,10-11H2,1H3. The number of ether oxygens (including phenoxy) is 1. The third-order valence-electron chi connectivity index (χ3n) is 4.27. The lowest BCUT2D eigenvalue weighted by molar-refractivity contribution is 0.414. The average Bonchev–Trinajstić information content (AvgIpc) is 3.18. The maximum Gasteiger partial charge on any atom is 0.254 e. The number of nitrogens with one attached hydrogen (secondary N) is 1. The molecule has 4 aromatic rings. The molecule has 0 aliphatic rings. The molecule has 4 rings (SSSR count). The lowest BCUT2D eigenvalue weighted by atomic mass is 10.1. The quantitative estimate of drug-likeness (QED) is 0.567. The zero-order chi connectivity index (χ0) is 18.6. The summed E-state index contributed by atoms with van der Waals surface area (Å²) in [6, 6.07) is 16.1. The number of fused-ring (bicyclic) bond motifs is 1. The van der Waals surface area contributed by atoms with Gasteiger partial charge in [-0.2, -0.15) is 14.6 Å². The van der Waals surface area contributed by atoms with Gasteiger partial charge < -0.3 is 10.1 Å². The Morgan fingerprint density at radius 1 is 1.07 bits per heavy atom. The molecule has 136 valence electrons. The minimum absolute atomic E-state index is 0.278. The highest BCUT2D eigenvalue weighted by Gasteiger charge is 2.09. The summed E-state index contributed by atoms with van der Waals surface area (Å²) >= 11 is 0. The molecule has 0 fully saturated rings. The Hall–Kier alpha value is -3.48. The van der Waals surface area contributed by atoms with E-state index in [0.29, 0.717) is 18.0 Å². The number of anilines is 1. The van der Waals surface area contributed by atoms with Crippen LogP contribution in [0.1, 0.15) is 5.56 Å². The van der Waals surface area contributed by atoms with Gasteiger partial charge in [-0.15, -0.1) is 0 Å². The van der Waals surface area contributed by atoms with Gasteiger partial charge in [-0.1, -0.05) is 12.1 Å². The van der Waals surface area contributed by atoms with Crippen LogP contribution >= 0.6 is 0 Å². The topological polar surface area (TPSA) is 64.3 Å². The third-order valence-corrected chi connectivity index (χ3v) is 4.27. The highest BCUT2D eigenvalue weighted by molar-refractivity contribution is 5.65. The Balaban J connectivity index is 1.55. The molecule has 27 heavy (non-hydrogen) atoms. The number of halogens is 1. The van der Waals surface area contributed by atoms with Crippen molar-refractivity contribution in [1.82, 2.24) is 19.6 Å². The molecule has 0 amide bonds. The van der Waals surface area contributed by atoms with Crippen LogP contribution in [0.25, 0.3) is 17.0 Å². The van der Waals surface area contributed by atoms with E-state index in [4.69, 9.17) is 4.74 Å². The Kier molecular flexibility index (Phi) is 4.65. The van der Waals surface area contributed by atoms with Crippen LogP contribution in [0.15, 0.2) is 60.9 Å². The molecule has 0 saturated heterocycles. The third kappa shape index (κ3) is 3.72. The summed E-state index contributed by atoms with van der Waals surface area (Å²) in [4.78, 5) is 8.68. The second-order valence-corrected chi connectivity index (χ2v) is 6.03. The zero-order valence-electron chi connectivity index (χ0n) is 14.8. The maximum absolute atomic E-state index is 13.2. The molecule has 2 aromatic heterocycles. The average molecular weight is 363 g/mol. The first-order valence-corrected chi connectivity index (χ1v) is 8.56. The molecule has 2 aromatic carbocycles. The lowest BCUT2D eigenvalue weighted by Crippen LogP contribution is -2.10. The Labute approximate surface area is 155 Å². The predicted octanol–water partition coefficient (Wildman–Crippen LogP) is 3.59. The maximum atomic E-state index is 13.2. The van der Waals surface area contributed by atoms with Gasteiger partial charge in [0.2, 0.25) is 0 Å². The van der Waals surface area contributed by atoms with E-state index in [2.05, 4.69) is 20.4 Å². The van der Waals surface area contributed by atoms with E-state index in [1.54, 1.807) is 23.8 Å². The van der Waals surface area contributed by atoms with Gasteiger partial charge >= 0.3 is 0 Å². The van der Waals surface area contributed by atoms with Crippen LogP contribution in [-0.2, 0) is 6.42 Å². The molecule has 0 unspecified atom stereocenters. The van der Waals surface area contributed by atoms with Crippen molar-refractivity contribution >= 4 is 11.6 Å². The van der Waals surface area contributed by atoms with Crippen LogP contribution in [-0.4, -0.2) is 33.2 Å². The monoisotopic (exact) mass is 363 g/mol. The van der Waals surface area contributed by atoms with Crippen molar-refractivity contribution in [2.45, 2.75) is 6.42 Å². The van der Waals surface area contributed by atoms with Crippen LogP contribution in [0.3, 0.4) is 0 Å². The second-order valence-electron chi connectivity index (χ2n) is 6.03. The van der Waals surface area contributed by atoms with Crippen LogP contribution in [0, 0.1) is 5.82 Å². The molecular weight excluding hydrogens is 345 g/mol. The number of methoxy groups -OCH3 is 1. The number of nitrogens with zero attached hydrogens (tertiary/aromatic N) is 4. The van der Waals surface area contributed by atoms with Gasteiger partial charge in [-0.25, -0.2) is 9.37 Å². The van der Waals surface area contributed by atoms with Crippen molar-refractivity contribution in [1.29, 1.82) is 0 Å². The number of benzene rings is 2. The first kappa shape index (κ1) is 17.0. The zero-order valence-corrected chi connectivity index (χ0v) is 14.8. The summed E-state index contributed by atoms with van der Waals surface area (Å²) in [6.45, 7) is 0.716. The SMILES string of the molecule is COc1ccc(CCNc2cc(-c3ccc(F)cc3)nc3ncnn23)cc1. The summed E-state index contributed by atoms with van der Waals surface area (Å²) in [6.07, 6.45) is 2.31. The van der Waals surface area contributed by atoms with Crippen molar-refractivity contribution < 1.29 is 9.13 Å². The normalized spacial score (nSPS) is 10.9. The van der Waals surface area contributed by atoms with Gasteiger partial charge in [-0.05, 0) is 48.4 Å². The minimum atomic E-state index is -0.278. The molecule has 0 saturated carbocycles. The van der Waals surface area contributed by atoms with Gasteiger partial charge in [0.25, 0.3) is 5.78 Å². The van der Waals surface area contributed by atoms with E-state index in [-0.39, 0.29) is 5.82 Å². The summed E-state index contributed by atoms with van der Waals surface area (Å²) in [5.74, 6) is 1.84. The van der Waals surface area contributed by atoms with Gasteiger partial charge in [0, 0.05) is 18.2 Å². The van der Waals surface area contributed by atoms with Crippen LogP contribution in [0.2, 0.25) is 0 Å². The van der Waals surface area contributed by atoms with Crippen LogP contribution < -0.4 is 10.1 Å². The second kappa shape index (κ2) is 7.41. The highest BCUT2D eigenvalue weighted by atomic mass is 19.1. The molecule has 0 radical (unpaired) electrons. The molecule has 7 heteroatoms. The summed E-state index contributed by atoms with van der Waals surface area (Å²) in [5.41, 5.74) is 2.73. The summed E-state index contributed by atoms with van der Waals surface area (Å²) < 4.78 is 20.0. The van der Waals surface area contributed by atoms with Crippen molar-refractivity contribution in [3.05, 3.63) is 72.3 Å². The predicted molar refractivity (Wildman–Crippen MR) is 101 cm³/mol. The number of aromatic nitrogens is 4. The van der Waals surface area contributed by atoms with Gasteiger partial charge in [0.05, 0.1) is 12.8 Å². The van der Waals surface area contributed by atoms with E-state index in [0.717, 1.165) is 23.6 Å². The number of hydrogen-bond acceptors (Lipinski definition) is 5. The molecule has 0 atom stereocenters. The Morgan fingerprint density at radius 2 is 1.85 bits per heavy atom. The van der Waals surface area contributed by atoms with Crippen LogP contribution in [0.4, 0.5) is 10.2 Å². The van der Waals surface area contributed by atoms with Gasteiger partial charge in [0.15, 0.2) is 0 Å². The fraction of sp³-hybridized carbons (Fsp3) is 0.150. The minimum Gasteiger partial charge on any atom is -0.497 e. The van der Waals surface area contributed by atoms with Crippen molar-refractivity contribution in [2.24, 2.45) is 0 Å². The molecule has 2 heterocycles. The molecule has 0 bridgehead atoms. The molecular formula is C20H18FN5O. The van der Waals surface area contributed by atoms with Crippen molar-refractivity contribution in [3.63, 3.8) is 0 Å². The van der Waals surface area contributed by atoms with Crippen molar-refractivity contribution in [3.8, 4) is 17.0 Å². The highest BCUT2D eigenvalue weighted by Crippen LogP contribution is 2.22.